The second kappa shape index (κ2) is 5.63. The van der Waals surface area contributed by atoms with E-state index in [4.69, 9.17) is 5.73 Å². The summed E-state index contributed by atoms with van der Waals surface area (Å²) in [5.41, 5.74) is 8.59. The SMILES string of the molecule is CN(C)Cc1cccnc1-c1ccccc1C(N)=O. The maximum absolute atomic E-state index is 11.5. The number of benzene rings is 1. The predicted octanol–water partition coefficient (Wildman–Crippen LogP) is 1.91. The van der Waals surface area contributed by atoms with E-state index in [0.717, 1.165) is 23.4 Å². The van der Waals surface area contributed by atoms with E-state index in [0.29, 0.717) is 5.56 Å². The van der Waals surface area contributed by atoms with E-state index >= 15 is 0 Å². The average Bonchev–Trinajstić information content (AvgIpc) is 2.38. The van der Waals surface area contributed by atoms with E-state index in [1.165, 1.54) is 0 Å². The highest BCUT2D eigenvalue weighted by Gasteiger charge is 2.13. The second-order valence-electron chi connectivity index (χ2n) is 4.66. The smallest absolute Gasteiger partial charge is 0.249 e. The summed E-state index contributed by atoms with van der Waals surface area (Å²) in [6.45, 7) is 0.760. The van der Waals surface area contributed by atoms with Crippen LogP contribution < -0.4 is 5.73 Å². The van der Waals surface area contributed by atoms with E-state index in [1.54, 1.807) is 18.3 Å². The average molecular weight is 255 g/mol. The first kappa shape index (κ1) is 13.2. The molecule has 0 atom stereocenters. The minimum atomic E-state index is -0.433. The Hall–Kier alpha value is -2.20. The number of hydrogen-bond acceptors (Lipinski definition) is 3. The number of carbonyl (C=O) groups is 1. The summed E-state index contributed by atoms with van der Waals surface area (Å²) in [6, 6.07) is 11.2. The molecule has 0 aliphatic carbocycles. The molecule has 0 saturated carbocycles. The topological polar surface area (TPSA) is 59.2 Å². The summed E-state index contributed by atoms with van der Waals surface area (Å²) in [5.74, 6) is -0.433. The number of amides is 1. The highest BCUT2D eigenvalue weighted by molar-refractivity contribution is 5.99. The molecule has 1 amide bonds. The lowest BCUT2D eigenvalue weighted by atomic mass is 9.99. The van der Waals surface area contributed by atoms with Crippen molar-refractivity contribution >= 4 is 5.91 Å². The van der Waals surface area contributed by atoms with Gasteiger partial charge in [-0.1, -0.05) is 24.3 Å². The first-order valence-corrected chi connectivity index (χ1v) is 6.07. The van der Waals surface area contributed by atoms with Gasteiger partial charge in [0.05, 0.1) is 5.69 Å². The summed E-state index contributed by atoms with van der Waals surface area (Å²) < 4.78 is 0. The lowest BCUT2D eigenvalue weighted by Gasteiger charge is -2.14. The fourth-order valence-corrected chi connectivity index (χ4v) is 2.05. The molecule has 0 bridgehead atoms. The highest BCUT2D eigenvalue weighted by Crippen LogP contribution is 2.25. The molecular formula is C15H17N3O. The van der Waals surface area contributed by atoms with Gasteiger partial charge in [0.1, 0.15) is 0 Å². The Morgan fingerprint density at radius 2 is 1.95 bits per heavy atom. The van der Waals surface area contributed by atoms with Crippen molar-refractivity contribution in [3.8, 4) is 11.3 Å². The van der Waals surface area contributed by atoms with Crippen LogP contribution in [0.15, 0.2) is 42.6 Å². The van der Waals surface area contributed by atoms with Gasteiger partial charge in [-0.15, -0.1) is 0 Å². The van der Waals surface area contributed by atoms with Gasteiger partial charge in [0, 0.05) is 23.9 Å². The number of hydrogen-bond donors (Lipinski definition) is 1. The maximum Gasteiger partial charge on any atom is 0.249 e. The van der Waals surface area contributed by atoms with Crippen molar-refractivity contribution in [2.75, 3.05) is 14.1 Å². The second-order valence-corrected chi connectivity index (χ2v) is 4.66. The molecule has 1 heterocycles. The molecule has 19 heavy (non-hydrogen) atoms. The summed E-state index contributed by atoms with van der Waals surface area (Å²) in [6.07, 6.45) is 1.73. The standard InChI is InChI=1S/C15H17N3O/c1-18(2)10-11-6-5-9-17-14(11)12-7-3-4-8-13(12)15(16)19/h3-9H,10H2,1-2H3,(H2,16,19). The molecule has 2 N–H and O–H groups in total. The van der Waals surface area contributed by atoms with Crippen LogP contribution in [0.1, 0.15) is 15.9 Å². The minimum Gasteiger partial charge on any atom is -0.366 e. The van der Waals surface area contributed by atoms with Gasteiger partial charge in [-0.25, -0.2) is 0 Å². The lowest BCUT2D eigenvalue weighted by molar-refractivity contribution is 0.100. The van der Waals surface area contributed by atoms with Gasteiger partial charge in [-0.3, -0.25) is 9.78 Å². The fraction of sp³-hybridized carbons (Fsp3) is 0.200. The summed E-state index contributed by atoms with van der Waals surface area (Å²) in [7, 11) is 3.99. The van der Waals surface area contributed by atoms with E-state index < -0.39 is 5.91 Å². The largest absolute Gasteiger partial charge is 0.366 e. The molecule has 98 valence electrons. The van der Waals surface area contributed by atoms with Crippen LogP contribution in [-0.2, 0) is 6.54 Å². The molecule has 4 nitrogen and oxygen atoms in total. The Labute approximate surface area is 112 Å². The van der Waals surface area contributed by atoms with Gasteiger partial charge in [-0.05, 0) is 31.8 Å². The van der Waals surface area contributed by atoms with Crippen molar-refractivity contribution in [1.29, 1.82) is 0 Å². The number of aromatic nitrogens is 1. The van der Waals surface area contributed by atoms with E-state index in [-0.39, 0.29) is 0 Å². The van der Waals surface area contributed by atoms with Crippen molar-refractivity contribution in [2.45, 2.75) is 6.54 Å². The molecule has 0 unspecified atom stereocenters. The van der Waals surface area contributed by atoms with Gasteiger partial charge < -0.3 is 10.6 Å². The van der Waals surface area contributed by atoms with E-state index in [9.17, 15) is 4.79 Å². The van der Waals surface area contributed by atoms with Crippen LogP contribution in [0.3, 0.4) is 0 Å². The molecule has 0 saturated heterocycles. The highest BCUT2D eigenvalue weighted by atomic mass is 16.1. The zero-order chi connectivity index (χ0) is 13.8. The molecule has 2 aromatic rings. The number of primary amides is 1. The van der Waals surface area contributed by atoms with Crippen LogP contribution >= 0.6 is 0 Å². The molecule has 0 aliphatic heterocycles. The predicted molar refractivity (Wildman–Crippen MR) is 75.6 cm³/mol. The molecule has 0 aliphatic rings. The molecule has 1 aromatic carbocycles. The Balaban J connectivity index is 2.56. The third-order valence-electron chi connectivity index (χ3n) is 2.83. The number of rotatable bonds is 4. The van der Waals surface area contributed by atoms with Crippen molar-refractivity contribution in [2.24, 2.45) is 5.73 Å². The molecule has 0 radical (unpaired) electrons. The van der Waals surface area contributed by atoms with Crippen molar-refractivity contribution in [1.82, 2.24) is 9.88 Å². The zero-order valence-corrected chi connectivity index (χ0v) is 11.1. The van der Waals surface area contributed by atoms with Crippen LogP contribution in [0, 0.1) is 0 Å². The lowest BCUT2D eigenvalue weighted by Crippen LogP contribution is -2.15. The quantitative estimate of drug-likeness (QED) is 0.907. The Morgan fingerprint density at radius 3 is 2.63 bits per heavy atom. The number of pyridine rings is 1. The zero-order valence-electron chi connectivity index (χ0n) is 11.1. The van der Waals surface area contributed by atoms with Crippen molar-refractivity contribution < 1.29 is 4.79 Å². The molecule has 0 fully saturated rings. The number of nitrogens with zero attached hydrogens (tertiary/aromatic N) is 2. The molecule has 4 heteroatoms. The van der Waals surface area contributed by atoms with Crippen LogP contribution in [0.2, 0.25) is 0 Å². The minimum absolute atomic E-state index is 0.433. The molecular weight excluding hydrogens is 238 g/mol. The molecule has 1 aromatic heterocycles. The molecule has 0 spiro atoms. The van der Waals surface area contributed by atoms with Crippen LogP contribution in [0.5, 0.6) is 0 Å². The van der Waals surface area contributed by atoms with E-state index in [2.05, 4.69) is 9.88 Å². The van der Waals surface area contributed by atoms with Gasteiger partial charge in [0.2, 0.25) is 5.91 Å². The Morgan fingerprint density at radius 1 is 1.21 bits per heavy atom. The monoisotopic (exact) mass is 255 g/mol. The first-order chi connectivity index (χ1) is 9.09. The van der Waals surface area contributed by atoms with Gasteiger partial charge >= 0.3 is 0 Å². The van der Waals surface area contributed by atoms with Gasteiger partial charge in [0.15, 0.2) is 0 Å². The third kappa shape index (κ3) is 2.98. The maximum atomic E-state index is 11.5. The van der Waals surface area contributed by atoms with Crippen LogP contribution in [0.4, 0.5) is 0 Å². The summed E-state index contributed by atoms with van der Waals surface area (Å²) in [4.78, 5) is 18.0. The van der Waals surface area contributed by atoms with Crippen LogP contribution in [-0.4, -0.2) is 29.9 Å². The first-order valence-electron chi connectivity index (χ1n) is 6.07. The molecule has 2 rings (SSSR count). The van der Waals surface area contributed by atoms with Crippen molar-refractivity contribution in [3.05, 3.63) is 53.7 Å². The van der Waals surface area contributed by atoms with Crippen molar-refractivity contribution in [3.63, 3.8) is 0 Å². The van der Waals surface area contributed by atoms with Gasteiger partial charge in [0.25, 0.3) is 0 Å². The third-order valence-corrected chi connectivity index (χ3v) is 2.83. The Bertz CT molecular complexity index is 593. The normalized spacial score (nSPS) is 10.7. The number of carbonyl (C=O) groups excluding carboxylic acids is 1. The summed E-state index contributed by atoms with van der Waals surface area (Å²) >= 11 is 0. The Kier molecular flexibility index (Phi) is 3.92. The van der Waals surface area contributed by atoms with Crippen LogP contribution in [0.25, 0.3) is 11.3 Å². The van der Waals surface area contributed by atoms with Gasteiger partial charge in [-0.2, -0.15) is 0 Å². The fourth-order valence-electron chi connectivity index (χ4n) is 2.05. The summed E-state index contributed by atoms with van der Waals surface area (Å²) in [5, 5.41) is 0. The van der Waals surface area contributed by atoms with E-state index in [1.807, 2.05) is 38.4 Å². The number of nitrogens with two attached hydrogens (primary N) is 1.